The monoisotopic (exact) mass is 174 g/mol. The molecule has 1 nitrogen and oxygen atoms in total. The summed E-state index contributed by atoms with van der Waals surface area (Å²) in [6.07, 6.45) is 3.35. The van der Waals surface area contributed by atoms with E-state index in [1.807, 2.05) is 0 Å². The highest BCUT2D eigenvalue weighted by molar-refractivity contribution is 5.58. The number of benzene rings is 1. The highest BCUT2D eigenvalue weighted by atomic mass is 16.1. The molecule has 0 heterocycles. The van der Waals surface area contributed by atoms with Crippen LogP contribution in [0, 0.1) is 12.8 Å². The molecule has 1 saturated carbocycles. The molecular weight excluding hydrogens is 160 g/mol. The fourth-order valence-electron chi connectivity index (χ4n) is 2.00. The second-order valence-electron chi connectivity index (χ2n) is 3.90. The third-order valence-electron chi connectivity index (χ3n) is 2.97. The van der Waals surface area contributed by atoms with Gasteiger partial charge in [-0.05, 0) is 31.2 Å². The lowest BCUT2D eigenvalue weighted by Gasteiger charge is -2.33. The van der Waals surface area contributed by atoms with Crippen LogP contribution in [0.25, 0.3) is 0 Å². The first-order chi connectivity index (χ1) is 6.31. The van der Waals surface area contributed by atoms with Crippen LogP contribution in [0.1, 0.15) is 29.9 Å². The van der Waals surface area contributed by atoms with Gasteiger partial charge in [0.2, 0.25) is 0 Å². The van der Waals surface area contributed by atoms with Gasteiger partial charge in [-0.15, -0.1) is 0 Å². The molecule has 2 atom stereocenters. The largest absolute Gasteiger partial charge is 0.303 e. The van der Waals surface area contributed by atoms with Gasteiger partial charge in [-0.25, -0.2) is 0 Å². The van der Waals surface area contributed by atoms with Gasteiger partial charge in [-0.1, -0.05) is 29.8 Å². The summed E-state index contributed by atoms with van der Waals surface area (Å²) in [6, 6.07) is 8.50. The molecule has 0 N–H and O–H groups in total. The van der Waals surface area contributed by atoms with E-state index in [0.717, 1.165) is 12.7 Å². The Morgan fingerprint density at radius 1 is 1.38 bits per heavy atom. The summed E-state index contributed by atoms with van der Waals surface area (Å²) < 4.78 is 0. The average molecular weight is 174 g/mol. The predicted octanol–water partition coefficient (Wildman–Crippen LogP) is 2.69. The van der Waals surface area contributed by atoms with E-state index in [1.165, 1.54) is 17.5 Å². The Bertz CT molecular complexity index is 317. The number of aryl methyl sites for hydroxylation is 1. The minimum absolute atomic E-state index is 0.279. The summed E-state index contributed by atoms with van der Waals surface area (Å²) in [4.78, 5) is 10.7. The molecule has 13 heavy (non-hydrogen) atoms. The quantitative estimate of drug-likeness (QED) is 0.630. The molecule has 0 spiro atoms. The molecule has 68 valence electrons. The van der Waals surface area contributed by atoms with Crippen LogP contribution < -0.4 is 0 Å². The van der Waals surface area contributed by atoms with E-state index < -0.39 is 0 Å². The number of carbonyl (C=O) groups is 1. The van der Waals surface area contributed by atoms with Gasteiger partial charge in [0.05, 0.1) is 0 Å². The summed E-state index contributed by atoms with van der Waals surface area (Å²) in [5, 5.41) is 0. The van der Waals surface area contributed by atoms with Crippen LogP contribution in [0.5, 0.6) is 0 Å². The molecule has 0 aliphatic heterocycles. The molecule has 2 rings (SSSR count). The Morgan fingerprint density at radius 2 is 2.23 bits per heavy atom. The summed E-state index contributed by atoms with van der Waals surface area (Å²) in [6.45, 7) is 2.10. The fraction of sp³-hybridized carbons (Fsp3) is 0.417. The first-order valence-electron chi connectivity index (χ1n) is 4.83. The Kier molecular flexibility index (Phi) is 2.17. The van der Waals surface area contributed by atoms with E-state index in [9.17, 15) is 4.79 Å². The fourth-order valence-corrected chi connectivity index (χ4v) is 2.00. The Hall–Kier alpha value is -1.11. The highest BCUT2D eigenvalue weighted by Gasteiger charge is 2.31. The van der Waals surface area contributed by atoms with E-state index in [4.69, 9.17) is 0 Å². The van der Waals surface area contributed by atoms with E-state index in [2.05, 4.69) is 31.2 Å². The summed E-state index contributed by atoms with van der Waals surface area (Å²) in [5.74, 6) is 0.777. The van der Waals surface area contributed by atoms with Crippen LogP contribution in [0.4, 0.5) is 0 Å². The zero-order valence-electron chi connectivity index (χ0n) is 7.86. The van der Waals surface area contributed by atoms with Crippen molar-refractivity contribution in [1.82, 2.24) is 0 Å². The minimum Gasteiger partial charge on any atom is -0.303 e. The van der Waals surface area contributed by atoms with Gasteiger partial charge in [0.25, 0.3) is 0 Å². The van der Waals surface area contributed by atoms with E-state index >= 15 is 0 Å². The predicted molar refractivity (Wildman–Crippen MR) is 52.7 cm³/mol. The molecule has 2 unspecified atom stereocenters. The maximum atomic E-state index is 10.7. The standard InChI is InChI=1S/C12H14O/c1-9-3-2-4-10(7-9)12-6-5-11(12)8-13/h2-4,7-8,11-12H,5-6H2,1H3. The minimum atomic E-state index is 0.279. The van der Waals surface area contributed by atoms with Crippen molar-refractivity contribution < 1.29 is 4.79 Å². The van der Waals surface area contributed by atoms with Gasteiger partial charge < -0.3 is 4.79 Å². The summed E-state index contributed by atoms with van der Waals surface area (Å²) >= 11 is 0. The van der Waals surface area contributed by atoms with Crippen LogP contribution in [0.3, 0.4) is 0 Å². The Balaban J connectivity index is 2.21. The average Bonchev–Trinajstić information content (AvgIpc) is 2.03. The van der Waals surface area contributed by atoms with Gasteiger partial charge >= 0.3 is 0 Å². The molecular formula is C12H14O. The molecule has 0 radical (unpaired) electrons. The van der Waals surface area contributed by atoms with Crippen molar-refractivity contribution in [2.45, 2.75) is 25.7 Å². The van der Waals surface area contributed by atoms with Crippen molar-refractivity contribution in [2.24, 2.45) is 5.92 Å². The molecule has 1 fully saturated rings. The van der Waals surface area contributed by atoms with E-state index in [1.54, 1.807) is 0 Å². The van der Waals surface area contributed by atoms with Gasteiger partial charge in [0.15, 0.2) is 0 Å². The number of hydrogen-bond donors (Lipinski definition) is 0. The second-order valence-corrected chi connectivity index (χ2v) is 3.90. The van der Waals surface area contributed by atoms with Crippen LogP contribution in [-0.2, 0) is 4.79 Å². The lowest BCUT2D eigenvalue weighted by molar-refractivity contribution is -0.113. The maximum absolute atomic E-state index is 10.7. The molecule has 0 amide bonds. The van der Waals surface area contributed by atoms with Gasteiger partial charge in [-0.2, -0.15) is 0 Å². The molecule has 1 heteroatoms. The van der Waals surface area contributed by atoms with E-state index in [0.29, 0.717) is 5.92 Å². The summed E-state index contributed by atoms with van der Waals surface area (Å²) in [7, 11) is 0. The zero-order chi connectivity index (χ0) is 9.26. The van der Waals surface area contributed by atoms with E-state index in [-0.39, 0.29) is 5.92 Å². The number of carbonyl (C=O) groups excluding carboxylic acids is 1. The zero-order valence-corrected chi connectivity index (χ0v) is 7.86. The van der Waals surface area contributed by atoms with Crippen molar-refractivity contribution in [1.29, 1.82) is 0 Å². The molecule has 0 saturated heterocycles. The number of hydrogen-bond acceptors (Lipinski definition) is 1. The van der Waals surface area contributed by atoms with Gasteiger partial charge in [-0.3, -0.25) is 0 Å². The topological polar surface area (TPSA) is 17.1 Å². The van der Waals surface area contributed by atoms with Crippen molar-refractivity contribution >= 4 is 6.29 Å². The van der Waals surface area contributed by atoms with Crippen LogP contribution in [0.15, 0.2) is 24.3 Å². The van der Waals surface area contributed by atoms with Crippen LogP contribution in [0.2, 0.25) is 0 Å². The maximum Gasteiger partial charge on any atom is 0.123 e. The first kappa shape index (κ1) is 8.49. The molecule has 1 aromatic carbocycles. The first-order valence-corrected chi connectivity index (χ1v) is 4.83. The SMILES string of the molecule is Cc1cccc(C2CCC2C=O)c1. The summed E-state index contributed by atoms with van der Waals surface area (Å²) in [5.41, 5.74) is 2.62. The molecule has 1 aliphatic carbocycles. The number of aldehydes is 1. The Labute approximate surface area is 78.8 Å². The van der Waals surface area contributed by atoms with Crippen molar-refractivity contribution in [3.63, 3.8) is 0 Å². The molecule has 1 aliphatic rings. The second kappa shape index (κ2) is 3.33. The lowest BCUT2D eigenvalue weighted by atomic mass is 9.71. The third-order valence-corrected chi connectivity index (χ3v) is 2.97. The number of rotatable bonds is 2. The molecule has 0 aromatic heterocycles. The van der Waals surface area contributed by atoms with Gasteiger partial charge in [0.1, 0.15) is 6.29 Å². The Morgan fingerprint density at radius 3 is 2.77 bits per heavy atom. The van der Waals surface area contributed by atoms with Crippen molar-refractivity contribution in [3.8, 4) is 0 Å². The lowest BCUT2D eigenvalue weighted by Crippen LogP contribution is -2.24. The third kappa shape index (κ3) is 1.51. The van der Waals surface area contributed by atoms with Crippen molar-refractivity contribution in [3.05, 3.63) is 35.4 Å². The van der Waals surface area contributed by atoms with Gasteiger partial charge in [0, 0.05) is 5.92 Å². The molecule has 0 bridgehead atoms. The van der Waals surface area contributed by atoms with Crippen molar-refractivity contribution in [2.75, 3.05) is 0 Å². The normalized spacial score (nSPS) is 26.5. The van der Waals surface area contributed by atoms with Crippen LogP contribution in [-0.4, -0.2) is 6.29 Å². The van der Waals surface area contributed by atoms with Crippen LogP contribution >= 0.6 is 0 Å². The highest BCUT2D eigenvalue weighted by Crippen LogP contribution is 2.41. The molecule has 1 aromatic rings. The smallest absolute Gasteiger partial charge is 0.123 e.